The summed E-state index contributed by atoms with van der Waals surface area (Å²) in [5, 5.41) is 4.19. The van der Waals surface area contributed by atoms with Crippen molar-refractivity contribution in [3.8, 4) is 12.0 Å². The van der Waals surface area contributed by atoms with Crippen molar-refractivity contribution in [1.29, 1.82) is 0 Å². The second-order valence-corrected chi connectivity index (χ2v) is 13.7. The van der Waals surface area contributed by atoms with Crippen LogP contribution in [0.4, 0.5) is 0 Å². The van der Waals surface area contributed by atoms with Crippen molar-refractivity contribution >= 4 is 48.9 Å². The molecule has 0 unspecified atom stereocenters. The van der Waals surface area contributed by atoms with Gasteiger partial charge in [-0.25, -0.2) is 0 Å². The van der Waals surface area contributed by atoms with Crippen LogP contribution in [-0.4, -0.2) is 8.07 Å². The monoisotopic (exact) mass is 440 g/mol. The van der Waals surface area contributed by atoms with Crippen LogP contribution in [0, 0.1) is 12.0 Å². The normalized spacial score (nSPS) is 10.1. The molecule has 134 valence electrons. The van der Waals surface area contributed by atoms with E-state index in [1.807, 2.05) is 0 Å². The molecule has 0 N–H and O–H groups in total. The van der Waals surface area contributed by atoms with E-state index in [2.05, 4.69) is 116 Å². The average Bonchev–Trinajstić information content (AvgIpc) is 2.65. The van der Waals surface area contributed by atoms with E-state index in [0.29, 0.717) is 0 Å². The molecule has 0 aliphatic rings. The van der Waals surface area contributed by atoms with Gasteiger partial charge in [-0.05, 0) is 23.8 Å². The molecule has 0 amide bonds. The van der Waals surface area contributed by atoms with Gasteiger partial charge in [0.1, 0.15) is 8.07 Å². The highest BCUT2D eigenvalue weighted by atomic mass is 79.9. The third kappa shape index (κ3) is 7.30. The summed E-state index contributed by atoms with van der Waals surface area (Å²) in [6.07, 6.45) is 5.12. The van der Waals surface area contributed by atoms with Gasteiger partial charge in [0.05, 0.1) is 0 Å². The maximum absolute atomic E-state index is 5.12. The maximum atomic E-state index is 5.12. The van der Waals surface area contributed by atoms with Crippen LogP contribution < -0.4 is 15.9 Å². The van der Waals surface area contributed by atoms with E-state index < -0.39 is 16.0 Å². The number of rotatable bonds is 3. The fourth-order valence-corrected chi connectivity index (χ4v) is 4.48. The van der Waals surface area contributed by atoms with Crippen LogP contribution >= 0.6 is 24.9 Å². The van der Waals surface area contributed by atoms with Crippen molar-refractivity contribution in [2.75, 3.05) is 0 Å². The third-order valence-electron chi connectivity index (χ3n) is 3.48. The first-order chi connectivity index (χ1) is 12.0. The first-order valence-electron chi connectivity index (χ1n) is 8.44. The molecule has 0 heterocycles. The zero-order valence-corrected chi connectivity index (χ0v) is 19.2. The lowest BCUT2D eigenvalue weighted by Crippen LogP contribution is -2.20. The number of terminal acetylenes is 1. The van der Waals surface area contributed by atoms with Crippen molar-refractivity contribution in [2.24, 2.45) is 0 Å². The van der Waals surface area contributed by atoms with Crippen LogP contribution in [0.3, 0.4) is 0 Å². The second kappa shape index (κ2) is 11.1. The smallest absolute Gasteiger partial charge is 0.128 e. The molecule has 0 aliphatic heterocycles. The summed E-state index contributed by atoms with van der Waals surface area (Å²) in [4.78, 5) is 0. The van der Waals surface area contributed by atoms with Crippen LogP contribution in [-0.2, 0) is 0 Å². The minimum absolute atomic E-state index is 0. The molecular formula is C23H26BrPSi. The van der Waals surface area contributed by atoms with Crippen LogP contribution in [0.1, 0.15) is 0 Å². The van der Waals surface area contributed by atoms with Crippen molar-refractivity contribution in [3.05, 3.63) is 91.0 Å². The van der Waals surface area contributed by atoms with Gasteiger partial charge in [0.25, 0.3) is 0 Å². The predicted molar refractivity (Wildman–Crippen MR) is 128 cm³/mol. The molecule has 0 saturated carbocycles. The molecule has 3 aromatic rings. The van der Waals surface area contributed by atoms with Gasteiger partial charge in [0, 0.05) is 0 Å². The van der Waals surface area contributed by atoms with Gasteiger partial charge in [-0.1, -0.05) is 111 Å². The quantitative estimate of drug-likeness (QED) is 0.285. The Bertz CT molecular complexity index is 696. The van der Waals surface area contributed by atoms with Gasteiger partial charge in [0.15, 0.2) is 0 Å². The highest BCUT2D eigenvalue weighted by molar-refractivity contribution is 8.93. The van der Waals surface area contributed by atoms with E-state index in [1.165, 1.54) is 15.9 Å². The fourth-order valence-electron chi connectivity index (χ4n) is 2.18. The average molecular weight is 441 g/mol. The molecular weight excluding hydrogens is 415 g/mol. The minimum atomic E-state index is -1.10. The standard InChI is InChI=1S/C18H15P.C5H10Si.BrH/c1-4-10-16(11-5-1)19(17-12-6-2-7-13-17)18-14-8-3-9-15-18;1-5-6(2,3)4;/h1-15H;1H,2-4H3;1H. The Labute approximate surface area is 171 Å². The Hall–Kier alpha value is -1.65. The SMILES string of the molecule is Br.C#C[Si](C)(C)C.c1ccc(P(c2ccccc2)c2ccccc2)cc1. The maximum Gasteiger partial charge on any atom is 0.128 e. The molecule has 26 heavy (non-hydrogen) atoms. The predicted octanol–water partition coefficient (Wildman–Crippen LogP) is 5.52. The molecule has 0 nitrogen and oxygen atoms in total. The van der Waals surface area contributed by atoms with E-state index in [4.69, 9.17) is 6.42 Å². The van der Waals surface area contributed by atoms with Crippen molar-refractivity contribution in [2.45, 2.75) is 19.6 Å². The Balaban J connectivity index is 0.000000422. The number of benzene rings is 3. The van der Waals surface area contributed by atoms with E-state index in [9.17, 15) is 0 Å². The summed E-state index contributed by atoms with van der Waals surface area (Å²) in [6.45, 7) is 6.44. The summed E-state index contributed by atoms with van der Waals surface area (Å²) in [7, 11) is -1.55. The molecule has 0 atom stereocenters. The largest absolute Gasteiger partial charge is 0.135 e. The molecule has 0 fully saturated rings. The molecule has 3 rings (SSSR count). The fraction of sp³-hybridized carbons (Fsp3) is 0.130. The summed E-state index contributed by atoms with van der Waals surface area (Å²) >= 11 is 0. The second-order valence-electron chi connectivity index (χ2n) is 6.74. The van der Waals surface area contributed by atoms with Gasteiger partial charge in [-0.3, -0.25) is 0 Å². The van der Waals surface area contributed by atoms with Gasteiger partial charge < -0.3 is 0 Å². The zero-order chi connectivity index (χ0) is 18.1. The van der Waals surface area contributed by atoms with Gasteiger partial charge in [-0.15, -0.1) is 28.9 Å². The third-order valence-corrected chi connectivity index (χ3v) is 6.79. The molecule has 0 aromatic heterocycles. The molecule has 0 radical (unpaired) electrons. The zero-order valence-electron chi connectivity index (χ0n) is 15.6. The number of hydrogen-bond acceptors (Lipinski definition) is 0. The Morgan fingerprint density at radius 2 is 0.846 bits per heavy atom. The first-order valence-corrected chi connectivity index (χ1v) is 13.3. The summed E-state index contributed by atoms with van der Waals surface area (Å²) in [6, 6.07) is 32.3. The first kappa shape index (κ1) is 22.4. The molecule has 0 aliphatic carbocycles. The lowest BCUT2D eigenvalue weighted by molar-refractivity contribution is 1.74. The van der Waals surface area contributed by atoms with Gasteiger partial charge >= 0.3 is 0 Å². The van der Waals surface area contributed by atoms with E-state index >= 15 is 0 Å². The number of halogens is 1. The highest BCUT2D eigenvalue weighted by Crippen LogP contribution is 2.32. The van der Waals surface area contributed by atoms with Crippen LogP contribution in [0.2, 0.25) is 19.6 Å². The van der Waals surface area contributed by atoms with Crippen LogP contribution in [0.5, 0.6) is 0 Å². The summed E-state index contributed by atoms with van der Waals surface area (Å²) < 4.78 is 0. The van der Waals surface area contributed by atoms with Crippen LogP contribution in [0.25, 0.3) is 0 Å². The van der Waals surface area contributed by atoms with Crippen molar-refractivity contribution < 1.29 is 0 Å². The molecule has 0 saturated heterocycles. The van der Waals surface area contributed by atoms with Crippen molar-refractivity contribution in [1.82, 2.24) is 0 Å². The summed E-state index contributed by atoms with van der Waals surface area (Å²) in [5.41, 5.74) is 2.74. The minimum Gasteiger partial charge on any atom is -0.135 e. The Morgan fingerprint density at radius 1 is 0.615 bits per heavy atom. The summed E-state index contributed by atoms with van der Waals surface area (Å²) in [5.74, 6) is 0. The van der Waals surface area contributed by atoms with E-state index in [1.54, 1.807) is 0 Å². The highest BCUT2D eigenvalue weighted by Gasteiger charge is 2.14. The molecule has 3 aromatic carbocycles. The van der Waals surface area contributed by atoms with Crippen LogP contribution in [0.15, 0.2) is 91.0 Å². The number of hydrogen-bond donors (Lipinski definition) is 0. The van der Waals surface area contributed by atoms with Crippen molar-refractivity contribution in [3.63, 3.8) is 0 Å². The van der Waals surface area contributed by atoms with E-state index in [0.717, 1.165) is 0 Å². The Morgan fingerprint density at radius 3 is 1.04 bits per heavy atom. The molecule has 3 heteroatoms. The lowest BCUT2D eigenvalue weighted by Gasteiger charge is -2.18. The van der Waals surface area contributed by atoms with E-state index in [-0.39, 0.29) is 17.0 Å². The molecule has 0 spiro atoms. The Kier molecular flexibility index (Phi) is 9.59. The lowest BCUT2D eigenvalue weighted by atomic mass is 10.4. The van der Waals surface area contributed by atoms with Gasteiger partial charge in [-0.2, -0.15) is 0 Å². The van der Waals surface area contributed by atoms with Gasteiger partial charge in [0.2, 0.25) is 0 Å². The topological polar surface area (TPSA) is 0 Å². The molecule has 0 bridgehead atoms.